The zero-order valence-corrected chi connectivity index (χ0v) is 17.8. The first-order chi connectivity index (χ1) is 14.5. The molecule has 8 heteroatoms. The van der Waals surface area contributed by atoms with Gasteiger partial charge in [0.1, 0.15) is 16.8 Å². The van der Waals surface area contributed by atoms with E-state index in [4.69, 9.17) is 25.8 Å². The van der Waals surface area contributed by atoms with E-state index in [1.807, 2.05) is 62.4 Å². The average Bonchev–Trinajstić information content (AvgIpc) is 2.77. The Hall–Kier alpha value is -3.19. The number of H-pyrrole nitrogens is 1. The molecule has 0 amide bonds. The maximum atomic E-state index is 12.0. The zero-order chi connectivity index (χ0) is 21.5. The van der Waals surface area contributed by atoms with Crippen molar-refractivity contribution >= 4 is 17.3 Å². The molecular formula is C22H24ClN3O4. The Labute approximate surface area is 179 Å². The van der Waals surface area contributed by atoms with Crippen LogP contribution >= 0.6 is 11.6 Å². The summed E-state index contributed by atoms with van der Waals surface area (Å²) in [6.45, 7) is 4.71. The Kier molecular flexibility index (Phi) is 7.19. The fraction of sp³-hybridized carbons (Fsp3) is 0.273. The number of hydrogen-bond acceptors (Lipinski definition) is 6. The van der Waals surface area contributed by atoms with Crippen LogP contribution in [0.15, 0.2) is 53.3 Å². The summed E-state index contributed by atoms with van der Waals surface area (Å²) < 4.78 is 16.9. The van der Waals surface area contributed by atoms with Gasteiger partial charge in [0, 0.05) is 6.54 Å². The summed E-state index contributed by atoms with van der Waals surface area (Å²) in [5, 5.41) is 9.56. The van der Waals surface area contributed by atoms with Crippen molar-refractivity contribution < 1.29 is 14.2 Å². The molecule has 0 radical (unpaired) electrons. The molecule has 2 aromatic carbocycles. The molecule has 30 heavy (non-hydrogen) atoms. The molecule has 158 valence electrons. The van der Waals surface area contributed by atoms with Crippen LogP contribution in [0.25, 0.3) is 0 Å². The molecule has 1 unspecified atom stereocenters. The van der Waals surface area contributed by atoms with Crippen molar-refractivity contribution in [3.8, 4) is 17.4 Å². The third-order valence-corrected chi connectivity index (χ3v) is 4.81. The number of aromatic amines is 1. The minimum atomic E-state index is -0.497. The minimum absolute atomic E-state index is 0.0150. The summed E-state index contributed by atoms with van der Waals surface area (Å²) in [6.07, 6.45) is -0.285. The lowest BCUT2D eigenvalue weighted by Crippen LogP contribution is -2.16. The topological polar surface area (TPSA) is 85.5 Å². The van der Waals surface area contributed by atoms with Crippen LogP contribution in [-0.4, -0.2) is 23.9 Å². The third kappa shape index (κ3) is 5.04. The summed E-state index contributed by atoms with van der Waals surface area (Å²) in [7, 11) is 1.59. The van der Waals surface area contributed by atoms with Crippen molar-refractivity contribution in [2.24, 2.45) is 0 Å². The molecule has 0 spiro atoms. The number of methoxy groups -OCH3 is 1. The highest BCUT2D eigenvalue weighted by Gasteiger charge is 2.17. The normalized spacial score (nSPS) is 11.6. The van der Waals surface area contributed by atoms with Gasteiger partial charge in [-0.25, -0.2) is 5.10 Å². The first kappa shape index (κ1) is 21.5. The van der Waals surface area contributed by atoms with Crippen LogP contribution in [0.3, 0.4) is 0 Å². The SMILES string of the molecule is CCOc1cc(CNc2c(OC(C)c3ccccc3)n[nH]c(=O)c2Cl)ccc1OC. The summed E-state index contributed by atoms with van der Waals surface area (Å²) >= 11 is 6.25. The molecule has 0 bridgehead atoms. The zero-order valence-electron chi connectivity index (χ0n) is 17.1. The van der Waals surface area contributed by atoms with E-state index in [1.54, 1.807) is 7.11 Å². The number of benzene rings is 2. The first-order valence-corrected chi connectivity index (χ1v) is 9.94. The van der Waals surface area contributed by atoms with Crippen molar-refractivity contribution in [3.63, 3.8) is 0 Å². The lowest BCUT2D eigenvalue weighted by atomic mass is 10.1. The van der Waals surface area contributed by atoms with E-state index in [1.165, 1.54) is 0 Å². The van der Waals surface area contributed by atoms with E-state index in [-0.39, 0.29) is 17.0 Å². The first-order valence-electron chi connectivity index (χ1n) is 9.56. The van der Waals surface area contributed by atoms with Crippen LogP contribution in [0.5, 0.6) is 17.4 Å². The molecule has 0 saturated carbocycles. The fourth-order valence-corrected chi connectivity index (χ4v) is 3.09. The molecule has 3 aromatic rings. The van der Waals surface area contributed by atoms with Crippen LogP contribution in [0, 0.1) is 0 Å². The molecule has 0 aliphatic rings. The predicted octanol–water partition coefficient (Wildman–Crippen LogP) is 4.58. The van der Waals surface area contributed by atoms with Gasteiger partial charge in [0.25, 0.3) is 11.4 Å². The summed E-state index contributed by atoms with van der Waals surface area (Å²) in [5.41, 5.74) is 1.72. The second kappa shape index (κ2) is 10.0. The Morgan fingerprint density at radius 2 is 1.93 bits per heavy atom. The Morgan fingerprint density at radius 3 is 2.63 bits per heavy atom. The van der Waals surface area contributed by atoms with Crippen LogP contribution in [0.2, 0.25) is 5.02 Å². The van der Waals surface area contributed by atoms with Gasteiger partial charge in [0.15, 0.2) is 11.5 Å². The average molecular weight is 430 g/mol. The maximum absolute atomic E-state index is 12.0. The highest BCUT2D eigenvalue weighted by molar-refractivity contribution is 6.33. The molecule has 1 atom stereocenters. The van der Waals surface area contributed by atoms with Crippen molar-refractivity contribution in [2.45, 2.75) is 26.5 Å². The second-order valence-corrected chi connectivity index (χ2v) is 6.87. The van der Waals surface area contributed by atoms with Crippen LogP contribution < -0.4 is 25.1 Å². The number of ether oxygens (including phenoxy) is 3. The number of anilines is 1. The van der Waals surface area contributed by atoms with Crippen molar-refractivity contribution in [2.75, 3.05) is 19.0 Å². The van der Waals surface area contributed by atoms with Crippen LogP contribution in [-0.2, 0) is 6.54 Å². The third-order valence-electron chi connectivity index (χ3n) is 4.45. The van der Waals surface area contributed by atoms with E-state index >= 15 is 0 Å². The van der Waals surface area contributed by atoms with E-state index in [2.05, 4.69) is 15.5 Å². The van der Waals surface area contributed by atoms with E-state index < -0.39 is 5.56 Å². The summed E-state index contributed by atoms with van der Waals surface area (Å²) in [6, 6.07) is 15.3. The van der Waals surface area contributed by atoms with E-state index in [0.29, 0.717) is 30.3 Å². The van der Waals surface area contributed by atoms with Crippen molar-refractivity contribution in [1.29, 1.82) is 0 Å². The Morgan fingerprint density at radius 1 is 1.17 bits per heavy atom. The molecule has 3 rings (SSSR count). The lowest BCUT2D eigenvalue weighted by molar-refractivity contribution is 0.216. The van der Waals surface area contributed by atoms with Crippen molar-refractivity contribution in [3.05, 3.63) is 75.0 Å². The molecule has 1 aromatic heterocycles. The summed E-state index contributed by atoms with van der Waals surface area (Å²) in [4.78, 5) is 12.0. The number of nitrogens with zero attached hydrogens (tertiary/aromatic N) is 1. The van der Waals surface area contributed by atoms with Gasteiger partial charge in [-0.2, -0.15) is 0 Å². The quantitative estimate of drug-likeness (QED) is 0.517. The molecular weight excluding hydrogens is 406 g/mol. The van der Waals surface area contributed by atoms with Gasteiger partial charge in [-0.1, -0.05) is 48.0 Å². The van der Waals surface area contributed by atoms with Gasteiger partial charge in [0.05, 0.1) is 13.7 Å². The van der Waals surface area contributed by atoms with Gasteiger partial charge in [-0.15, -0.1) is 5.10 Å². The summed E-state index contributed by atoms with van der Waals surface area (Å²) in [5.74, 6) is 1.51. The van der Waals surface area contributed by atoms with E-state index in [0.717, 1.165) is 11.1 Å². The fourth-order valence-electron chi connectivity index (χ4n) is 2.90. The lowest BCUT2D eigenvalue weighted by Gasteiger charge is -2.18. The second-order valence-electron chi connectivity index (χ2n) is 6.49. The van der Waals surface area contributed by atoms with Gasteiger partial charge >= 0.3 is 0 Å². The van der Waals surface area contributed by atoms with Crippen LogP contribution in [0.1, 0.15) is 31.1 Å². The monoisotopic (exact) mass is 429 g/mol. The highest BCUT2D eigenvalue weighted by Crippen LogP contribution is 2.32. The van der Waals surface area contributed by atoms with Gasteiger partial charge < -0.3 is 19.5 Å². The van der Waals surface area contributed by atoms with Crippen LogP contribution in [0.4, 0.5) is 5.69 Å². The Balaban J connectivity index is 1.82. The van der Waals surface area contributed by atoms with E-state index in [9.17, 15) is 4.79 Å². The molecule has 1 heterocycles. The molecule has 0 aliphatic carbocycles. The largest absolute Gasteiger partial charge is 0.493 e. The standard InChI is InChI=1S/C22H24ClN3O4/c1-4-29-18-12-15(10-11-17(18)28-3)13-24-20-19(23)21(27)25-26-22(20)30-14(2)16-8-6-5-7-9-16/h5-12,14H,4,13H2,1-3H3,(H2,24,25,27). The van der Waals surface area contributed by atoms with Crippen molar-refractivity contribution in [1.82, 2.24) is 10.2 Å². The van der Waals surface area contributed by atoms with Gasteiger partial charge in [-0.3, -0.25) is 4.79 Å². The molecule has 0 saturated heterocycles. The molecule has 7 nitrogen and oxygen atoms in total. The number of hydrogen-bond donors (Lipinski definition) is 2. The number of aromatic nitrogens is 2. The van der Waals surface area contributed by atoms with Gasteiger partial charge in [-0.05, 0) is 37.1 Å². The smallest absolute Gasteiger partial charge is 0.285 e. The Bertz CT molecular complexity index is 1040. The number of halogens is 1. The molecule has 2 N–H and O–H groups in total. The maximum Gasteiger partial charge on any atom is 0.285 e. The number of nitrogens with one attached hydrogen (secondary N) is 2. The van der Waals surface area contributed by atoms with Gasteiger partial charge in [0.2, 0.25) is 0 Å². The number of rotatable bonds is 9. The highest BCUT2D eigenvalue weighted by atomic mass is 35.5. The predicted molar refractivity (Wildman–Crippen MR) is 117 cm³/mol. The molecule has 0 aliphatic heterocycles. The molecule has 0 fully saturated rings. The minimum Gasteiger partial charge on any atom is -0.493 e.